The Kier molecular flexibility index (Phi) is 4.40. The molecule has 1 saturated carbocycles. The molecule has 3 nitrogen and oxygen atoms in total. The molecule has 0 aromatic carbocycles. The SMILES string of the molecule is Cc1ccn(CCCCCCNC2CC2)n1. The van der Waals surface area contributed by atoms with Crippen LogP contribution in [0.5, 0.6) is 0 Å². The van der Waals surface area contributed by atoms with Crippen LogP contribution in [0.4, 0.5) is 0 Å². The van der Waals surface area contributed by atoms with Crippen molar-refractivity contribution >= 4 is 0 Å². The van der Waals surface area contributed by atoms with Crippen molar-refractivity contribution in [1.29, 1.82) is 0 Å². The number of aromatic nitrogens is 2. The molecule has 1 aromatic heterocycles. The van der Waals surface area contributed by atoms with Gasteiger partial charge in [0.15, 0.2) is 0 Å². The van der Waals surface area contributed by atoms with Gasteiger partial charge >= 0.3 is 0 Å². The van der Waals surface area contributed by atoms with Crippen LogP contribution in [0.3, 0.4) is 0 Å². The normalized spacial score (nSPS) is 15.6. The van der Waals surface area contributed by atoms with Crippen molar-refractivity contribution in [3.05, 3.63) is 18.0 Å². The summed E-state index contributed by atoms with van der Waals surface area (Å²) in [5, 5.41) is 7.93. The van der Waals surface area contributed by atoms with Crippen LogP contribution >= 0.6 is 0 Å². The summed E-state index contributed by atoms with van der Waals surface area (Å²) in [6, 6.07) is 2.94. The highest BCUT2D eigenvalue weighted by molar-refractivity contribution is 4.94. The Morgan fingerprint density at radius 3 is 2.81 bits per heavy atom. The zero-order valence-electron chi connectivity index (χ0n) is 10.3. The number of nitrogens with one attached hydrogen (secondary N) is 1. The van der Waals surface area contributed by atoms with Crippen molar-refractivity contribution in [2.45, 2.75) is 58.0 Å². The molecule has 0 radical (unpaired) electrons. The fourth-order valence-electron chi connectivity index (χ4n) is 1.93. The van der Waals surface area contributed by atoms with Gasteiger partial charge in [-0.2, -0.15) is 5.10 Å². The highest BCUT2D eigenvalue weighted by Gasteiger charge is 2.19. The van der Waals surface area contributed by atoms with E-state index in [1.807, 2.05) is 6.92 Å². The molecule has 0 amide bonds. The van der Waals surface area contributed by atoms with Crippen LogP contribution < -0.4 is 5.32 Å². The van der Waals surface area contributed by atoms with Gasteiger partial charge in [0.05, 0.1) is 5.69 Å². The number of rotatable bonds is 8. The van der Waals surface area contributed by atoms with E-state index in [0.717, 1.165) is 18.3 Å². The van der Waals surface area contributed by atoms with Gasteiger partial charge in [-0.1, -0.05) is 12.8 Å². The minimum absolute atomic E-state index is 0.868. The maximum Gasteiger partial charge on any atom is 0.0593 e. The minimum atomic E-state index is 0.868. The van der Waals surface area contributed by atoms with Crippen LogP contribution in [-0.2, 0) is 6.54 Å². The lowest BCUT2D eigenvalue weighted by molar-refractivity contribution is 0.522. The Labute approximate surface area is 98.2 Å². The van der Waals surface area contributed by atoms with Crippen LogP contribution in [0.1, 0.15) is 44.2 Å². The first-order valence-corrected chi connectivity index (χ1v) is 6.58. The van der Waals surface area contributed by atoms with Gasteiger partial charge in [0, 0.05) is 18.8 Å². The van der Waals surface area contributed by atoms with E-state index in [0.29, 0.717) is 0 Å². The van der Waals surface area contributed by atoms with E-state index in [9.17, 15) is 0 Å². The molecule has 0 bridgehead atoms. The van der Waals surface area contributed by atoms with Gasteiger partial charge in [-0.25, -0.2) is 0 Å². The number of unbranched alkanes of at least 4 members (excludes halogenated alkanes) is 3. The first-order chi connectivity index (χ1) is 7.84. The molecule has 1 N–H and O–H groups in total. The maximum absolute atomic E-state index is 4.38. The number of hydrogen-bond donors (Lipinski definition) is 1. The van der Waals surface area contributed by atoms with E-state index in [1.54, 1.807) is 0 Å². The van der Waals surface area contributed by atoms with Crippen molar-refractivity contribution in [2.75, 3.05) is 6.54 Å². The number of nitrogens with zero attached hydrogens (tertiary/aromatic N) is 2. The van der Waals surface area contributed by atoms with Gasteiger partial charge in [0.2, 0.25) is 0 Å². The molecule has 0 unspecified atom stereocenters. The van der Waals surface area contributed by atoms with Crippen molar-refractivity contribution in [3.63, 3.8) is 0 Å². The van der Waals surface area contributed by atoms with Gasteiger partial charge in [-0.15, -0.1) is 0 Å². The third-order valence-corrected chi connectivity index (χ3v) is 3.10. The first kappa shape index (κ1) is 11.6. The fourth-order valence-corrected chi connectivity index (χ4v) is 1.93. The summed E-state index contributed by atoms with van der Waals surface area (Å²) >= 11 is 0. The highest BCUT2D eigenvalue weighted by atomic mass is 15.3. The molecule has 1 aromatic rings. The molecule has 2 rings (SSSR count). The number of hydrogen-bond acceptors (Lipinski definition) is 2. The van der Waals surface area contributed by atoms with E-state index in [4.69, 9.17) is 0 Å². The summed E-state index contributed by atoms with van der Waals surface area (Å²) in [6.07, 6.45) is 10.1. The molecule has 3 heteroatoms. The molecule has 0 spiro atoms. The van der Waals surface area contributed by atoms with E-state index in [-0.39, 0.29) is 0 Å². The smallest absolute Gasteiger partial charge is 0.0593 e. The molecule has 1 heterocycles. The lowest BCUT2D eigenvalue weighted by Crippen LogP contribution is -2.17. The van der Waals surface area contributed by atoms with Gasteiger partial charge in [0.25, 0.3) is 0 Å². The summed E-state index contributed by atoms with van der Waals surface area (Å²) in [7, 11) is 0. The predicted octanol–water partition coefficient (Wildman–Crippen LogP) is 2.50. The van der Waals surface area contributed by atoms with E-state index < -0.39 is 0 Å². The average molecular weight is 221 g/mol. The highest BCUT2D eigenvalue weighted by Crippen LogP contribution is 2.18. The molecule has 0 saturated heterocycles. The Balaban J connectivity index is 1.42. The Morgan fingerprint density at radius 2 is 2.12 bits per heavy atom. The van der Waals surface area contributed by atoms with Crippen LogP contribution in [0, 0.1) is 6.92 Å². The van der Waals surface area contributed by atoms with Crippen LogP contribution in [0.2, 0.25) is 0 Å². The summed E-state index contributed by atoms with van der Waals surface area (Å²) in [4.78, 5) is 0. The Hall–Kier alpha value is -0.830. The molecular formula is C13H23N3. The zero-order valence-corrected chi connectivity index (χ0v) is 10.3. The third kappa shape index (κ3) is 4.35. The summed E-state index contributed by atoms with van der Waals surface area (Å²) in [6.45, 7) is 4.33. The lowest BCUT2D eigenvalue weighted by Gasteiger charge is -2.03. The monoisotopic (exact) mass is 221 g/mol. The minimum Gasteiger partial charge on any atom is -0.314 e. The van der Waals surface area contributed by atoms with E-state index >= 15 is 0 Å². The molecule has 1 aliphatic rings. The van der Waals surface area contributed by atoms with Crippen molar-refractivity contribution < 1.29 is 0 Å². The number of aryl methyl sites for hydroxylation is 2. The second-order valence-corrected chi connectivity index (χ2v) is 4.86. The van der Waals surface area contributed by atoms with E-state index in [1.165, 1.54) is 45.1 Å². The third-order valence-electron chi connectivity index (χ3n) is 3.10. The molecule has 16 heavy (non-hydrogen) atoms. The molecule has 0 aliphatic heterocycles. The van der Waals surface area contributed by atoms with Gasteiger partial charge < -0.3 is 5.32 Å². The topological polar surface area (TPSA) is 29.9 Å². The predicted molar refractivity (Wildman–Crippen MR) is 66.5 cm³/mol. The van der Waals surface area contributed by atoms with Crippen LogP contribution in [0.15, 0.2) is 12.3 Å². The molecule has 90 valence electrons. The summed E-state index contributed by atoms with van der Waals surface area (Å²) in [5.41, 5.74) is 1.12. The van der Waals surface area contributed by atoms with Crippen LogP contribution in [0.25, 0.3) is 0 Å². The standard InChI is InChI=1S/C13H23N3/c1-12-8-11-16(15-12)10-5-3-2-4-9-14-13-6-7-13/h8,11,13-14H,2-7,9-10H2,1H3. The Bertz CT molecular complexity index is 302. The summed E-state index contributed by atoms with van der Waals surface area (Å²) < 4.78 is 2.05. The van der Waals surface area contributed by atoms with Crippen molar-refractivity contribution in [1.82, 2.24) is 15.1 Å². The Morgan fingerprint density at radius 1 is 1.31 bits per heavy atom. The van der Waals surface area contributed by atoms with Crippen molar-refractivity contribution in [3.8, 4) is 0 Å². The second kappa shape index (κ2) is 6.04. The van der Waals surface area contributed by atoms with Gasteiger partial charge in [0.1, 0.15) is 0 Å². The second-order valence-electron chi connectivity index (χ2n) is 4.86. The molecule has 1 fully saturated rings. The molecule has 1 aliphatic carbocycles. The quantitative estimate of drug-likeness (QED) is 0.684. The maximum atomic E-state index is 4.38. The largest absolute Gasteiger partial charge is 0.314 e. The van der Waals surface area contributed by atoms with Crippen LogP contribution in [-0.4, -0.2) is 22.4 Å². The zero-order chi connectivity index (χ0) is 11.2. The average Bonchev–Trinajstić information content (AvgIpc) is 3.00. The lowest BCUT2D eigenvalue weighted by atomic mass is 10.2. The first-order valence-electron chi connectivity index (χ1n) is 6.58. The summed E-state index contributed by atoms with van der Waals surface area (Å²) in [5.74, 6) is 0. The van der Waals surface area contributed by atoms with Gasteiger partial charge in [-0.3, -0.25) is 4.68 Å². The molecular weight excluding hydrogens is 198 g/mol. The van der Waals surface area contributed by atoms with E-state index in [2.05, 4.69) is 27.4 Å². The molecule has 0 atom stereocenters. The van der Waals surface area contributed by atoms with Crippen molar-refractivity contribution in [2.24, 2.45) is 0 Å². The van der Waals surface area contributed by atoms with Gasteiger partial charge in [-0.05, 0) is 45.2 Å². The fraction of sp³-hybridized carbons (Fsp3) is 0.769.